The van der Waals surface area contributed by atoms with Gasteiger partial charge in [-0.15, -0.1) is 0 Å². The van der Waals surface area contributed by atoms with Gasteiger partial charge < -0.3 is 9.84 Å². The zero-order valence-electron chi connectivity index (χ0n) is 8.87. The van der Waals surface area contributed by atoms with Crippen LogP contribution in [0.1, 0.15) is 29.8 Å². The fraction of sp³-hybridized carbons (Fsp3) is 0.400. The Morgan fingerprint density at radius 1 is 1.50 bits per heavy atom. The van der Waals surface area contributed by atoms with E-state index in [1.807, 2.05) is 13.8 Å². The normalized spacial score (nSPS) is 8.57. The van der Waals surface area contributed by atoms with E-state index in [2.05, 4.69) is 4.98 Å². The third-order valence-electron chi connectivity index (χ3n) is 1.47. The molecule has 0 saturated carbocycles. The molecule has 4 heteroatoms. The van der Waals surface area contributed by atoms with Crippen molar-refractivity contribution in [1.29, 1.82) is 0 Å². The maximum Gasteiger partial charge on any atom is 0.337 e. The van der Waals surface area contributed by atoms with E-state index >= 15 is 0 Å². The molecule has 4 nitrogen and oxygen atoms in total. The summed E-state index contributed by atoms with van der Waals surface area (Å²) < 4.78 is 4.88. The first-order valence-corrected chi connectivity index (χ1v) is 4.39. The first-order chi connectivity index (χ1) is 6.65. The SMILES string of the molecule is CC.COc1ncc(C(=O)O)cc1C. The number of nitrogens with zero attached hydrogens (tertiary/aromatic N) is 1. The predicted molar refractivity (Wildman–Crippen MR) is 53.8 cm³/mol. The molecule has 1 rings (SSSR count). The van der Waals surface area contributed by atoms with E-state index < -0.39 is 5.97 Å². The molecule has 0 fully saturated rings. The zero-order valence-corrected chi connectivity index (χ0v) is 8.87. The van der Waals surface area contributed by atoms with E-state index in [1.54, 1.807) is 6.92 Å². The summed E-state index contributed by atoms with van der Waals surface area (Å²) in [6, 6.07) is 1.52. The van der Waals surface area contributed by atoms with Crippen LogP contribution < -0.4 is 4.74 Å². The maximum atomic E-state index is 10.5. The first kappa shape index (κ1) is 12.4. The topological polar surface area (TPSA) is 59.4 Å². The van der Waals surface area contributed by atoms with Crippen molar-refractivity contribution < 1.29 is 14.6 Å². The number of rotatable bonds is 2. The number of carboxylic acids is 1. The molecule has 0 atom stereocenters. The van der Waals surface area contributed by atoms with Gasteiger partial charge in [0.2, 0.25) is 5.88 Å². The number of aryl methyl sites for hydroxylation is 1. The number of ether oxygens (including phenoxy) is 1. The summed E-state index contributed by atoms with van der Waals surface area (Å²) in [6.07, 6.45) is 1.27. The van der Waals surface area contributed by atoms with E-state index in [0.717, 1.165) is 5.56 Å². The van der Waals surface area contributed by atoms with Crippen molar-refractivity contribution in [3.8, 4) is 5.88 Å². The third-order valence-corrected chi connectivity index (χ3v) is 1.47. The van der Waals surface area contributed by atoms with E-state index in [9.17, 15) is 4.79 Å². The second-order valence-corrected chi connectivity index (χ2v) is 2.36. The Morgan fingerprint density at radius 2 is 2.07 bits per heavy atom. The van der Waals surface area contributed by atoms with Crippen molar-refractivity contribution >= 4 is 5.97 Å². The molecule has 1 aromatic heterocycles. The van der Waals surface area contributed by atoms with Crippen LogP contribution in [0.2, 0.25) is 0 Å². The lowest BCUT2D eigenvalue weighted by Gasteiger charge is -2.02. The first-order valence-electron chi connectivity index (χ1n) is 4.39. The smallest absolute Gasteiger partial charge is 0.337 e. The lowest BCUT2D eigenvalue weighted by Crippen LogP contribution is -1.99. The van der Waals surface area contributed by atoms with Gasteiger partial charge in [0, 0.05) is 11.8 Å². The average molecular weight is 197 g/mol. The van der Waals surface area contributed by atoms with E-state index in [4.69, 9.17) is 9.84 Å². The lowest BCUT2D eigenvalue weighted by atomic mass is 10.2. The van der Waals surface area contributed by atoms with Crippen LogP contribution in [-0.2, 0) is 0 Å². The van der Waals surface area contributed by atoms with Crippen molar-refractivity contribution in [2.24, 2.45) is 0 Å². The number of aromatic nitrogens is 1. The zero-order chi connectivity index (χ0) is 11.1. The Labute approximate surface area is 83.6 Å². The van der Waals surface area contributed by atoms with E-state index in [0.29, 0.717) is 5.88 Å². The summed E-state index contributed by atoms with van der Waals surface area (Å²) in [5.41, 5.74) is 0.894. The second kappa shape index (κ2) is 5.96. The summed E-state index contributed by atoms with van der Waals surface area (Å²) in [5, 5.41) is 8.59. The van der Waals surface area contributed by atoms with Crippen LogP contribution in [-0.4, -0.2) is 23.2 Å². The van der Waals surface area contributed by atoms with Crippen molar-refractivity contribution in [1.82, 2.24) is 4.98 Å². The fourth-order valence-electron chi connectivity index (χ4n) is 0.893. The van der Waals surface area contributed by atoms with Gasteiger partial charge in [0.15, 0.2) is 0 Å². The summed E-state index contributed by atoms with van der Waals surface area (Å²) in [6.45, 7) is 5.75. The summed E-state index contributed by atoms with van der Waals surface area (Å²) >= 11 is 0. The number of aromatic carboxylic acids is 1. The molecule has 78 valence electrons. The minimum Gasteiger partial charge on any atom is -0.481 e. The van der Waals surface area contributed by atoms with Crippen LogP contribution in [0, 0.1) is 6.92 Å². The highest BCUT2D eigenvalue weighted by molar-refractivity contribution is 5.87. The number of pyridine rings is 1. The molecule has 1 N–H and O–H groups in total. The van der Waals surface area contributed by atoms with Crippen LogP contribution in [0.4, 0.5) is 0 Å². The van der Waals surface area contributed by atoms with Crippen LogP contribution in [0.5, 0.6) is 5.88 Å². The molecule has 0 saturated heterocycles. The average Bonchev–Trinajstić information content (AvgIpc) is 2.20. The molecule has 0 aromatic carbocycles. The molecule has 0 radical (unpaired) electrons. The predicted octanol–water partition coefficient (Wildman–Crippen LogP) is 2.12. The number of methoxy groups -OCH3 is 1. The van der Waals surface area contributed by atoms with Gasteiger partial charge in [0.1, 0.15) is 0 Å². The van der Waals surface area contributed by atoms with Gasteiger partial charge in [-0.3, -0.25) is 0 Å². The van der Waals surface area contributed by atoms with Crippen molar-refractivity contribution in [2.75, 3.05) is 7.11 Å². The fourth-order valence-corrected chi connectivity index (χ4v) is 0.893. The van der Waals surface area contributed by atoms with E-state index in [1.165, 1.54) is 19.4 Å². The summed E-state index contributed by atoms with van der Waals surface area (Å²) in [7, 11) is 1.50. The van der Waals surface area contributed by atoms with Crippen molar-refractivity contribution in [3.05, 3.63) is 23.4 Å². The molecule has 0 unspecified atom stereocenters. The summed E-state index contributed by atoms with van der Waals surface area (Å²) in [4.78, 5) is 14.3. The number of carboxylic acid groups (broad SMARTS) is 1. The molecular formula is C10H15NO3. The Morgan fingerprint density at radius 3 is 2.43 bits per heavy atom. The van der Waals surface area contributed by atoms with Gasteiger partial charge in [-0.2, -0.15) is 0 Å². The molecule has 0 aliphatic heterocycles. The van der Waals surface area contributed by atoms with Crippen LogP contribution in [0.3, 0.4) is 0 Å². The standard InChI is InChI=1S/C8H9NO3.C2H6/c1-5-3-6(8(10)11)4-9-7(5)12-2;1-2/h3-4H,1-2H3,(H,10,11);1-2H3. The van der Waals surface area contributed by atoms with Crippen LogP contribution in [0.25, 0.3) is 0 Å². The Balaban J connectivity index is 0.000000791. The molecule has 1 aromatic rings. The minimum atomic E-state index is -0.978. The van der Waals surface area contributed by atoms with Gasteiger partial charge in [0.05, 0.1) is 12.7 Å². The number of hydrogen-bond acceptors (Lipinski definition) is 3. The van der Waals surface area contributed by atoms with Crippen LogP contribution in [0.15, 0.2) is 12.3 Å². The monoisotopic (exact) mass is 197 g/mol. The summed E-state index contributed by atoms with van der Waals surface area (Å²) in [5.74, 6) is -0.520. The number of carbonyl (C=O) groups is 1. The van der Waals surface area contributed by atoms with Crippen molar-refractivity contribution in [3.63, 3.8) is 0 Å². The van der Waals surface area contributed by atoms with Crippen molar-refractivity contribution in [2.45, 2.75) is 20.8 Å². The van der Waals surface area contributed by atoms with Gasteiger partial charge in [0.25, 0.3) is 0 Å². The molecule has 0 aliphatic rings. The highest BCUT2D eigenvalue weighted by atomic mass is 16.5. The Bertz CT molecular complexity index is 310. The molecule has 0 bridgehead atoms. The third kappa shape index (κ3) is 3.05. The molecular weight excluding hydrogens is 182 g/mol. The number of hydrogen-bond donors (Lipinski definition) is 1. The second-order valence-electron chi connectivity index (χ2n) is 2.36. The minimum absolute atomic E-state index is 0.174. The Hall–Kier alpha value is -1.58. The lowest BCUT2D eigenvalue weighted by molar-refractivity contribution is 0.0696. The van der Waals surface area contributed by atoms with E-state index in [-0.39, 0.29) is 5.56 Å². The Kier molecular flexibility index (Phi) is 5.29. The molecule has 0 amide bonds. The highest BCUT2D eigenvalue weighted by Crippen LogP contribution is 2.14. The van der Waals surface area contributed by atoms with Gasteiger partial charge in [-0.05, 0) is 13.0 Å². The largest absolute Gasteiger partial charge is 0.481 e. The molecule has 0 spiro atoms. The van der Waals surface area contributed by atoms with Gasteiger partial charge >= 0.3 is 5.97 Å². The quantitative estimate of drug-likeness (QED) is 0.788. The molecule has 1 heterocycles. The van der Waals surface area contributed by atoms with Gasteiger partial charge in [-0.25, -0.2) is 9.78 Å². The highest BCUT2D eigenvalue weighted by Gasteiger charge is 2.06. The van der Waals surface area contributed by atoms with Crippen LogP contribution >= 0.6 is 0 Å². The maximum absolute atomic E-state index is 10.5. The van der Waals surface area contributed by atoms with Gasteiger partial charge in [-0.1, -0.05) is 13.8 Å². The molecule has 0 aliphatic carbocycles. The molecule has 14 heavy (non-hydrogen) atoms.